The molecular formula is C9H7FN2O4. The van der Waals surface area contributed by atoms with Crippen LogP contribution in [0.2, 0.25) is 0 Å². The lowest BCUT2D eigenvalue weighted by Crippen LogP contribution is -2.27. The van der Waals surface area contributed by atoms with Gasteiger partial charge in [0.1, 0.15) is 12.2 Å². The van der Waals surface area contributed by atoms with Gasteiger partial charge in [-0.25, -0.2) is 14.2 Å². The third-order valence-corrected chi connectivity index (χ3v) is 1.86. The average Bonchev–Trinajstić information content (AvgIpc) is 2.26. The second-order valence-electron chi connectivity index (χ2n) is 2.94. The minimum absolute atomic E-state index is 0.216. The number of aliphatic hydroxyl groups excluding tert-OH is 2. The van der Waals surface area contributed by atoms with Crippen molar-refractivity contribution >= 4 is 5.97 Å². The summed E-state index contributed by atoms with van der Waals surface area (Å²) in [5.41, 5.74) is -0.688. The third kappa shape index (κ3) is 2.31. The van der Waals surface area contributed by atoms with E-state index in [-0.39, 0.29) is 5.56 Å². The quantitative estimate of drug-likeness (QED) is 0.644. The predicted octanol–water partition coefficient (Wildman–Crippen LogP) is -0.429. The van der Waals surface area contributed by atoms with Crippen LogP contribution in [0.5, 0.6) is 0 Å². The van der Waals surface area contributed by atoms with Crippen molar-refractivity contribution in [1.82, 2.24) is 4.98 Å². The summed E-state index contributed by atoms with van der Waals surface area (Å²) in [5.74, 6) is -2.63. The summed E-state index contributed by atoms with van der Waals surface area (Å²) in [6.45, 7) is 0. The molecule has 0 aromatic carbocycles. The molecule has 6 nitrogen and oxygen atoms in total. The first kappa shape index (κ1) is 12.0. The van der Waals surface area contributed by atoms with Crippen LogP contribution in [0.4, 0.5) is 4.39 Å². The van der Waals surface area contributed by atoms with E-state index in [1.807, 2.05) is 0 Å². The average molecular weight is 226 g/mol. The van der Waals surface area contributed by atoms with Gasteiger partial charge in [0.25, 0.3) is 0 Å². The van der Waals surface area contributed by atoms with E-state index in [1.165, 1.54) is 6.07 Å². The Bertz CT molecular complexity index is 457. The van der Waals surface area contributed by atoms with Crippen molar-refractivity contribution in [3.8, 4) is 6.07 Å². The van der Waals surface area contributed by atoms with Gasteiger partial charge in [-0.05, 0) is 6.07 Å². The Morgan fingerprint density at radius 1 is 1.56 bits per heavy atom. The van der Waals surface area contributed by atoms with Crippen LogP contribution in [0.15, 0.2) is 12.3 Å². The molecule has 0 amide bonds. The first-order chi connectivity index (χ1) is 7.47. The van der Waals surface area contributed by atoms with Crippen molar-refractivity contribution in [1.29, 1.82) is 5.26 Å². The summed E-state index contributed by atoms with van der Waals surface area (Å²) in [6, 6.07) is 2.22. The van der Waals surface area contributed by atoms with Crippen LogP contribution in [0, 0.1) is 17.1 Å². The van der Waals surface area contributed by atoms with Gasteiger partial charge < -0.3 is 15.3 Å². The lowest BCUT2D eigenvalue weighted by Gasteiger charge is -2.13. The molecule has 7 heteroatoms. The molecule has 0 saturated heterocycles. The van der Waals surface area contributed by atoms with E-state index in [9.17, 15) is 14.3 Å². The Hall–Kier alpha value is -2.04. The number of rotatable bonds is 3. The number of nitriles is 1. The van der Waals surface area contributed by atoms with Gasteiger partial charge in [0.2, 0.25) is 0 Å². The lowest BCUT2D eigenvalue weighted by atomic mass is 10.1. The first-order valence-corrected chi connectivity index (χ1v) is 4.12. The number of aliphatic hydroxyl groups is 2. The smallest absolute Gasteiger partial charge is 0.335 e. The van der Waals surface area contributed by atoms with Crippen LogP contribution in [-0.4, -0.2) is 32.4 Å². The molecule has 0 saturated carbocycles. The summed E-state index contributed by atoms with van der Waals surface area (Å²) < 4.78 is 13.1. The minimum atomic E-state index is -2.07. The van der Waals surface area contributed by atoms with E-state index in [0.717, 1.165) is 12.3 Å². The Kier molecular flexibility index (Phi) is 3.50. The highest BCUT2D eigenvalue weighted by molar-refractivity contribution is 5.73. The zero-order valence-corrected chi connectivity index (χ0v) is 7.83. The maximum absolute atomic E-state index is 13.1. The Balaban J connectivity index is 3.02. The number of carbonyl (C=O) groups is 1. The van der Waals surface area contributed by atoms with Gasteiger partial charge in [0, 0.05) is 11.8 Å². The van der Waals surface area contributed by atoms with Gasteiger partial charge in [0.05, 0.1) is 0 Å². The van der Waals surface area contributed by atoms with Crippen LogP contribution in [-0.2, 0) is 4.79 Å². The molecule has 0 aliphatic carbocycles. The molecule has 0 aliphatic heterocycles. The van der Waals surface area contributed by atoms with Crippen LogP contribution in [0.3, 0.4) is 0 Å². The van der Waals surface area contributed by atoms with Crippen LogP contribution in [0.25, 0.3) is 0 Å². The highest BCUT2D eigenvalue weighted by atomic mass is 19.1. The van der Waals surface area contributed by atoms with E-state index < -0.39 is 29.7 Å². The highest BCUT2D eigenvalue weighted by Crippen LogP contribution is 2.18. The number of pyridine rings is 1. The molecule has 3 N–H and O–H groups in total. The summed E-state index contributed by atoms with van der Waals surface area (Å²) in [6.07, 6.45) is -2.94. The molecule has 0 fully saturated rings. The summed E-state index contributed by atoms with van der Waals surface area (Å²) in [7, 11) is 0. The first-order valence-electron chi connectivity index (χ1n) is 4.12. The largest absolute Gasteiger partial charge is 0.479 e. The molecule has 0 aliphatic rings. The van der Waals surface area contributed by atoms with E-state index in [2.05, 4.69) is 4.98 Å². The van der Waals surface area contributed by atoms with Crippen molar-refractivity contribution in [2.75, 3.05) is 0 Å². The maximum atomic E-state index is 13.1. The second kappa shape index (κ2) is 4.65. The normalized spacial score (nSPS) is 13.9. The van der Waals surface area contributed by atoms with Crippen molar-refractivity contribution in [2.45, 2.75) is 12.2 Å². The van der Waals surface area contributed by atoms with Crippen LogP contribution >= 0.6 is 0 Å². The molecule has 0 radical (unpaired) electrons. The van der Waals surface area contributed by atoms with Crippen LogP contribution in [0.1, 0.15) is 17.4 Å². The molecule has 1 aromatic rings. The van der Waals surface area contributed by atoms with E-state index in [0.29, 0.717) is 0 Å². The number of hydrogen-bond acceptors (Lipinski definition) is 5. The highest BCUT2D eigenvalue weighted by Gasteiger charge is 2.26. The molecule has 2 atom stereocenters. The van der Waals surface area contributed by atoms with E-state index >= 15 is 0 Å². The number of aliphatic carboxylic acids is 1. The molecule has 1 heterocycles. The van der Waals surface area contributed by atoms with Gasteiger partial charge in [-0.2, -0.15) is 5.26 Å². The molecule has 1 aromatic heterocycles. The Labute approximate surface area is 89.2 Å². The molecule has 0 spiro atoms. The number of aromatic nitrogens is 1. The third-order valence-electron chi connectivity index (χ3n) is 1.86. The molecule has 16 heavy (non-hydrogen) atoms. The SMILES string of the molecule is N#Cc1ncc(C(O)C(O)C(=O)O)cc1F. The lowest BCUT2D eigenvalue weighted by molar-refractivity contribution is -0.153. The number of hydrogen-bond donors (Lipinski definition) is 3. The fourth-order valence-corrected chi connectivity index (χ4v) is 1.01. The number of carboxylic acids is 1. The monoisotopic (exact) mass is 226 g/mol. The fraction of sp³-hybridized carbons (Fsp3) is 0.222. The number of nitrogens with zero attached hydrogens (tertiary/aromatic N) is 2. The molecular weight excluding hydrogens is 219 g/mol. The summed E-state index contributed by atoms with van der Waals surface area (Å²) in [5, 5.41) is 35.1. The predicted molar refractivity (Wildman–Crippen MR) is 47.5 cm³/mol. The molecule has 84 valence electrons. The zero-order valence-electron chi connectivity index (χ0n) is 7.83. The van der Waals surface area contributed by atoms with E-state index in [1.54, 1.807) is 0 Å². The summed E-state index contributed by atoms with van der Waals surface area (Å²) in [4.78, 5) is 13.7. The molecule has 2 unspecified atom stereocenters. The minimum Gasteiger partial charge on any atom is -0.479 e. The van der Waals surface area contributed by atoms with Crippen molar-refractivity contribution < 1.29 is 24.5 Å². The van der Waals surface area contributed by atoms with Crippen molar-refractivity contribution in [2.24, 2.45) is 0 Å². The maximum Gasteiger partial charge on any atom is 0.335 e. The van der Waals surface area contributed by atoms with Crippen molar-refractivity contribution in [3.05, 3.63) is 29.3 Å². The van der Waals surface area contributed by atoms with Gasteiger partial charge in [-0.1, -0.05) is 0 Å². The number of carboxylic acid groups (broad SMARTS) is 1. The van der Waals surface area contributed by atoms with Gasteiger partial charge >= 0.3 is 5.97 Å². The Morgan fingerprint density at radius 3 is 2.62 bits per heavy atom. The van der Waals surface area contributed by atoms with Gasteiger partial charge in [0.15, 0.2) is 17.6 Å². The molecule has 1 rings (SSSR count). The van der Waals surface area contributed by atoms with Crippen molar-refractivity contribution in [3.63, 3.8) is 0 Å². The van der Waals surface area contributed by atoms with Gasteiger partial charge in [-0.3, -0.25) is 0 Å². The Morgan fingerprint density at radius 2 is 2.19 bits per heavy atom. The van der Waals surface area contributed by atoms with Gasteiger partial charge in [-0.15, -0.1) is 0 Å². The second-order valence-corrected chi connectivity index (χ2v) is 2.94. The molecule has 0 bridgehead atoms. The zero-order chi connectivity index (χ0) is 12.3. The fourth-order valence-electron chi connectivity index (χ4n) is 1.01. The summed E-state index contributed by atoms with van der Waals surface area (Å²) >= 11 is 0. The van der Waals surface area contributed by atoms with E-state index in [4.69, 9.17) is 15.5 Å². The van der Waals surface area contributed by atoms with Crippen LogP contribution < -0.4 is 0 Å². The number of halogens is 1. The standard InChI is InChI=1S/C9H7FN2O4/c10-5-1-4(3-12-6(5)2-11)7(13)8(14)9(15)16/h1,3,7-8,13-14H,(H,15,16). The topological polar surface area (TPSA) is 114 Å².